The van der Waals surface area contributed by atoms with Crippen molar-refractivity contribution in [2.24, 2.45) is 0 Å². The van der Waals surface area contributed by atoms with E-state index in [1.807, 2.05) is 21.1 Å². The summed E-state index contributed by atoms with van der Waals surface area (Å²) in [7, 11) is 1.19. The lowest BCUT2D eigenvalue weighted by atomic mass is 10.0. The van der Waals surface area contributed by atoms with E-state index in [1.165, 1.54) is 283 Å². The van der Waals surface area contributed by atoms with Crippen molar-refractivity contribution in [3.63, 3.8) is 0 Å². The normalized spacial score (nSPS) is 13.2. The quantitative estimate of drug-likeness (QED) is 0.0195. The van der Waals surface area contributed by atoms with Crippen LogP contribution in [0, 0.1) is 0 Å². The van der Waals surface area contributed by atoms with Gasteiger partial charge in [-0.05, 0) is 38.5 Å². The number of likely N-dealkylation sites (N-methyl/N-ethyl adjacent to an activating group) is 1. The first-order chi connectivity index (χ1) is 37.5. The molecule has 9 nitrogen and oxygen atoms in total. The van der Waals surface area contributed by atoms with Gasteiger partial charge in [-0.15, -0.1) is 0 Å². The Morgan fingerprint density at radius 1 is 0.390 bits per heavy atom. The Morgan fingerprint density at radius 3 is 0.961 bits per heavy atom. The lowest BCUT2D eigenvalue weighted by Crippen LogP contribution is -2.37. The lowest BCUT2D eigenvalue weighted by Gasteiger charge is -2.28. The molecule has 0 fully saturated rings. The van der Waals surface area contributed by atoms with Crippen LogP contribution in [0.5, 0.6) is 0 Å². The van der Waals surface area contributed by atoms with Gasteiger partial charge in [-0.2, -0.15) is 0 Å². The number of carbonyl (C=O) groups is 2. The standard InChI is InChI=1S/C67H132NO8P/c1-6-8-10-12-14-16-18-20-22-24-26-28-30-31-32-33-34-35-36-38-39-41-43-45-47-49-51-53-55-57-59-66(69)73-63-65(64-75-77(71,72)74-62-61-68(3,4)5)76-67(70)60-58-56-54-52-50-48-46-44-42-40-37-29-27-25-23-21-19-17-15-13-11-9-7-2/h25,27,65H,6-24,26,28-64H2,1-5H3/b27-25-. The van der Waals surface area contributed by atoms with Gasteiger partial charge in [0.05, 0.1) is 27.7 Å². The molecule has 0 amide bonds. The van der Waals surface area contributed by atoms with Crippen molar-refractivity contribution in [1.82, 2.24) is 0 Å². The summed E-state index contributed by atoms with van der Waals surface area (Å²) in [6.07, 6.45) is 71.5. The minimum Gasteiger partial charge on any atom is -0.756 e. The van der Waals surface area contributed by atoms with Crippen LogP contribution in [-0.4, -0.2) is 70.0 Å². The Kier molecular flexibility index (Phi) is 58.4. The number of ether oxygens (including phenoxy) is 2. The molecule has 0 heterocycles. The van der Waals surface area contributed by atoms with Crippen LogP contribution < -0.4 is 4.89 Å². The molecular formula is C67H132NO8P. The molecule has 2 unspecified atom stereocenters. The van der Waals surface area contributed by atoms with E-state index in [2.05, 4.69) is 26.0 Å². The van der Waals surface area contributed by atoms with Crippen LogP contribution >= 0.6 is 7.82 Å². The van der Waals surface area contributed by atoms with Crippen molar-refractivity contribution in [2.45, 2.75) is 360 Å². The molecule has 0 saturated heterocycles. The summed E-state index contributed by atoms with van der Waals surface area (Å²) >= 11 is 0. The van der Waals surface area contributed by atoms with E-state index in [9.17, 15) is 19.0 Å². The van der Waals surface area contributed by atoms with Crippen LogP contribution in [0.3, 0.4) is 0 Å². The molecule has 0 N–H and O–H groups in total. The highest BCUT2D eigenvalue weighted by Crippen LogP contribution is 2.38. The molecule has 0 aliphatic heterocycles. The first kappa shape index (κ1) is 75.8. The monoisotopic (exact) mass is 1110 g/mol. The van der Waals surface area contributed by atoms with E-state index < -0.39 is 26.5 Å². The maximum absolute atomic E-state index is 12.8. The Labute approximate surface area is 479 Å². The number of phosphoric ester groups is 1. The fourth-order valence-corrected chi connectivity index (χ4v) is 11.0. The van der Waals surface area contributed by atoms with E-state index >= 15 is 0 Å². The third-order valence-electron chi connectivity index (χ3n) is 15.5. The SMILES string of the molecule is CCCCCCCCCC/C=C\CCCCCCCCCCCCCC(=O)OC(COC(=O)CCCCCCCCCCCCCCCCCCCCCCCCCCCCCCCC)COP(=O)([O-])OCC[N+](C)(C)C. The third kappa shape index (κ3) is 63.8. The number of nitrogens with zero attached hydrogens (tertiary/aromatic N) is 1. The number of hydrogen-bond donors (Lipinski definition) is 0. The van der Waals surface area contributed by atoms with Crippen molar-refractivity contribution in [2.75, 3.05) is 47.5 Å². The number of allylic oxidation sites excluding steroid dienone is 2. The van der Waals surface area contributed by atoms with Gasteiger partial charge in [0.25, 0.3) is 7.82 Å². The maximum Gasteiger partial charge on any atom is 0.306 e. The van der Waals surface area contributed by atoms with Crippen molar-refractivity contribution in [3.05, 3.63) is 12.2 Å². The molecule has 0 radical (unpaired) electrons. The number of esters is 2. The molecule has 0 aromatic rings. The summed E-state index contributed by atoms with van der Waals surface area (Å²) in [5.74, 6) is -0.811. The zero-order valence-corrected chi connectivity index (χ0v) is 53.1. The van der Waals surface area contributed by atoms with E-state index in [0.717, 1.165) is 38.5 Å². The van der Waals surface area contributed by atoms with Crippen LogP contribution in [0.1, 0.15) is 354 Å². The Hall–Kier alpha value is -1.25. The second-order valence-electron chi connectivity index (χ2n) is 24.6. The van der Waals surface area contributed by atoms with Gasteiger partial charge in [0.2, 0.25) is 0 Å². The second kappa shape index (κ2) is 59.4. The van der Waals surface area contributed by atoms with Gasteiger partial charge in [-0.3, -0.25) is 14.2 Å². The highest BCUT2D eigenvalue weighted by molar-refractivity contribution is 7.45. The molecule has 0 aliphatic carbocycles. The molecule has 10 heteroatoms. The zero-order chi connectivity index (χ0) is 56.3. The van der Waals surface area contributed by atoms with Crippen LogP contribution in [0.15, 0.2) is 12.2 Å². The van der Waals surface area contributed by atoms with E-state index in [1.54, 1.807) is 0 Å². The largest absolute Gasteiger partial charge is 0.756 e. The number of unbranched alkanes of at least 4 members (excludes halogenated alkanes) is 48. The molecule has 0 bridgehead atoms. The van der Waals surface area contributed by atoms with Crippen LogP contribution in [0.2, 0.25) is 0 Å². The van der Waals surface area contributed by atoms with Gasteiger partial charge in [-0.1, -0.05) is 315 Å². The molecule has 77 heavy (non-hydrogen) atoms. The van der Waals surface area contributed by atoms with Crippen molar-refractivity contribution in [1.29, 1.82) is 0 Å². The summed E-state index contributed by atoms with van der Waals surface area (Å²) in [4.78, 5) is 38.0. The van der Waals surface area contributed by atoms with E-state index in [0.29, 0.717) is 17.4 Å². The smallest absolute Gasteiger partial charge is 0.306 e. The predicted molar refractivity (Wildman–Crippen MR) is 328 cm³/mol. The molecule has 0 spiro atoms. The van der Waals surface area contributed by atoms with Gasteiger partial charge in [0, 0.05) is 12.8 Å². The van der Waals surface area contributed by atoms with E-state index in [4.69, 9.17) is 18.5 Å². The average Bonchev–Trinajstić information content (AvgIpc) is 3.39. The van der Waals surface area contributed by atoms with Gasteiger partial charge in [0.15, 0.2) is 6.10 Å². The number of carbonyl (C=O) groups excluding carboxylic acids is 2. The molecular weight excluding hydrogens is 978 g/mol. The highest BCUT2D eigenvalue weighted by Gasteiger charge is 2.22. The molecule has 0 aliphatic rings. The fraction of sp³-hybridized carbons (Fsp3) is 0.940. The molecule has 0 aromatic carbocycles. The summed E-state index contributed by atoms with van der Waals surface area (Å²) in [6.45, 7) is 4.32. The summed E-state index contributed by atoms with van der Waals surface area (Å²) in [6, 6.07) is 0. The summed E-state index contributed by atoms with van der Waals surface area (Å²) in [5, 5.41) is 0. The number of rotatable bonds is 64. The molecule has 0 saturated carbocycles. The van der Waals surface area contributed by atoms with Gasteiger partial charge >= 0.3 is 11.9 Å². The number of hydrogen-bond acceptors (Lipinski definition) is 8. The molecule has 2 atom stereocenters. The third-order valence-corrected chi connectivity index (χ3v) is 16.5. The zero-order valence-electron chi connectivity index (χ0n) is 52.2. The van der Waals surface area contributed by atoms with Crippen molar-refractivity contribution >= 4 is 19.8 Å². The minimum atomic E-state index is -4.63. The second-order valence-corrected chi connectivity index (χ2v) is 26.0. The number of phosphoric acid groups is 1. The van der Waals surface area contributed by atoms with E-state index in [-0.39, 0.29) is 32.0 Å². The number of quaternary nitrogens is 1. The average molecular weight is 1110 g/mol. The summed E-state index contributed by atoms with van der Waals surface area (Å²) in [5.41, 5.74) is 0. The Bertz CT molecular complexity index is 1300. The topological polar surface area (TPSA) is 111 Å². The minimum absolute atomic E-state index is 0.0268. The maximum atomic E-state index is 12.8. The van der Waals surface area contributed by atoms with Gasteiger partial charge < -0.3 is 27.9 Å². The molecule has 0 rings (SSSR count). The van der Waals surface area contributed by atoms with Gasteiger partial charge in [0.1, 0.15) is 19.8 Å². The van der Waals surface area contributed by atoms with Crippen LogP contribution in [-0.2, 0) is 32.7 Å². The van der Waals surface area contributed by atoms with Crippen molar-refractivity contribution in [3.8, 4) is 0 Å². The fourth-order valence-electron chi connectivity index (χ4n) is 10.3. The molecule has 458 valence electrons. The highest BCUT2D eigenvalue weighted by atomic mass is 31.2. The van der Waals surface area contributed by atoms with Crippen molar-refractivity contribution < 1.29 is 42.1 Å². The molecule has 0 aromatic heterocycles. The van der Waals surface area contributed by atoms with Crippen LogP contribution in [0.4, 0.5) is 0 Å². The van der Waals surface area contributed by atoms with Crippen LogP contribution in [0.25, 0.3) is 0 Å². The van der Waals surface area contributed by atoms with Gasteiger partial charge in [-0.25, -0.2) is 0 Å². The lowest BCUT2D eigenvalue weighted by molar-refractivity contribution is -0.870. The first-order valence-corrected chi connectivity index (χ1v) is 35.4. The first-order valence-electron chi connectivity index (χ1n) is 33.9. The summed E-state index contributed by atoms with van der Waals surface area (Å²) < 4.78 is 34.3. The Balaban J connectivity index is 3.99. The predicted octanol–water partition coefficient (Wildman–Crippen LogP) is 20.9. The Morgan fingerprint density at radius 2 is 0.662 bits per heavy atom.